The van der Waals surface area contributed by atoms with Crippen molar-refractivity contribution in [3.05, 3.63) is 58.9 Å². The molecule has 0 saturated heterocycles. The van der Waals surface area contributed by atoms with Crippen molar-refractivity contribution in [2.24, 2.45) is 7.05 Å². The molecular weight excluding hydrogens is 334 g/mol. The number of fused-ring (bicyclic) bond motifs is 1. The number of amides is 1. The molecule has 0 saturated carbocycles. The number of aromatic carboxylic acids is 1. The third-order valence-electron chi connectivity index (χ3n) is 4.27. The Morgan fingerprint density at radius 1 is 1.19 bits per heavy atom. The lowest BCUT2D eigenvalue weighted by molar-refractivity contribution is 0.0696. The van der Waals surface area contributed by atoms with E-state index in [0.29, 0.717) is 12.3 Å². The highest BCUT2D eigenvalue weighted by molar-refractivity contribution is 5.98. The summed E-state index contributed by atoms with van der Waals surface area (Å²) in [6, 6.07) is 10.0. The third-order valence-corrected chi connectivity index (χ3v) is 4.27. The van der Waals surface area contributed by atoms with Crippen molar-refractivity contribution in [3.8, 4) is 5.75 Å². The van der Waals surface area contributed by atoms with Crippen LogP contribution in [0.3, 0.4) is 0 Å². The highest BCUT2D eigenvalue weighted by Crippen LogP contribution is 2.18. The van der Waals surface area contributed by atoms with Gasteiger partial charge in [-0.05, 0) is 42.8 Å². The molecule has 0 fully saturated rings. The monoisotopic (exact) mass is 353 g/mol. The highest BCUT2D eigenvalue weighted by Gasteiger charge is 2.13. The summed E-state index contributed by atoms with van der Waals surface area (Å²) in [7, 11) is 3.38. The van der Waals surface area contributed by atoms with Gasteiger partial charge in [0.2, 0.25) is 0 Å². The smallest absolute Gasteiger partial charge is 0.335 e. The summed E-state index contributed by atoms with van der Waals surface area (Å²) in [5.74, 6) is -0.253. The lowest BCUT2D eigenvalue weighted by Gasteiger charge is -2.08. The zero-order valence-electron chi connectivity index (χ0n) is 14.7. The van der Waals surface area contributed by atoms with Crippen LogP contribution in [0, 0.1) is 6.92 Å². The van der Waals surface area contributed by atoms with Crippen molar-refractivity contribution >= 4 is 22.9 Å². The summed E-state index contributed by atoms with van der Waals surface area (Å²) in [5, 5.41) is 11.9. The van der Waals surface area contributed by atoms with Crippen LogP contribution in [-0.2, 0) is 13.6 Å². The van der Waals surface area contributed by atoms with E-state index in [4.69, 9.17) is 9.84 Å². The van der Waals surface area contributed by atoms with Crippen LogP contribution >= 0.6 is 0 Å². The van der Waals surface area contributed by atoms with Crippen LogP contribution < -0.4 is 10.1 Å². The number of hydrogen-bond acceptors (Lipinski definition) is 4. The van der Waals surface area contributed by atoms with E-state index >= 15 is 0 Å². The van der Waals surface area contributed by atoms with Crippen LogP contribution in [0.2, 0.25) is 0 Å². The predicted octanol–water partition coefficient (Wildman–Crippen LogP) is 2.52. The molecule has 1 aromatic heterocycles. The van der Waals surface area contributed by atoms with Gasteiger partial charge in [-0.2, -0.15) is 0 Å². The minimum absolute atomic E-state index is 0.000111. The molecule has 1 amide bonds. The molecule has 0 aliphatic carbocycles. The molecule has 7 heteroatoms. The number of imidazole rings is 1. The predicted molar refractivity (Wildman–Crippen MR) is 96.6 cm³/mol. The van der Waals surface area contributed by atoms with Gasteiger partial charge in [0.15, 0.2) is 0 Å². The topological polar surface area (TPSA) is 93.4 Å². The molecule has 0 bridgehead atoms. The maximum Gasteiger partial charge on any atom is 0.335 e. The molecule has 1 heterocycles. The Hall–Kier alpha value is -3.35. The standard InChI is InChI=1S/C19H19N3O4/c1-11-21-16-6-12(4-5-17(16)22(11)2)10-20-18(23)13-7-14(19(24)25)9-15(8-13)26-3/h4-9H,10H2,1-3H3,(H,20,23)(H,24,25). The molecule has 134 valence electrons. The molecule has 0 aliphatic rings. The SMILES string of the molecule is COc1cc(C(=O)O)cc(C(=O)NCc2ccc3c(c2)nc(C)n3C)c1. The fraction of sp³-hybridized carbons (Fsp3) is 0.211. The van der Waals surface area contributed by atoms with Crippen LogP contribution in [-0.4, -0.2) is 33.6 Å². The number of carbonyl (C=O) groups is 2. The van der Waals surface area contributed by atoms with Gasteiger partial charge in [0.05, 0.1) is 23.7 Å². The van der Waals surface area contributed by atoms with Crippen LogP contribution in [0.5, 0.6) is 5.75 Å². The minimum Gasteiger partial charge on any atom is -0.497 e. The molecule has 3 aromatic rings. The number of methoxy groups -OCH3 is 1. The summed E-state index contributed by atoms with van der Waals surface area (Å²) < 4.78 is 7.07. The Labute approximate surface area is 150 Å². The Morgan fingerprint density at radius 3 is 2.62 bits per heavy atom. The summed E-state index contributed by atoms with van der Waals surface area (Å²) in [6.07, 6.45) is 0. The van der Waals surface area contributed by atoms with E-state index in [9.17, 15) is 9.59 Å². The van der Waals surface area contributed by atoms with Gasteiger partial charge in [-0.15, -0.1) is 0 Å². The second-order valence-electron chi connectivity index (χ2n) is 5.98. The number of nitrogens with one attached hydrogen (secondary N) is 1. The first-order valence-corrected chi connectivity index (χ1v) is 8.01. The number of carbonyl (C=O) groups excluding carboxylic acids is 1. The molecule has 0 spiro atoms. The first-order chi connectivity index (χ1) is 12.4. The molecule has 0 unspecified atom stereocenters. The number of aromatic nitrogens is 2. The minimum atomic E-state index is -1.12. The Kier molecular flexibility index (Phi) is 4.62. The lowest BCUT2D eigenvalue weighted by Crippen LogP contribution is -2.23. The fourth-order valence-corrected chi connectivity index (χ4v) is 2.73. The van der Waals surface area contributed by atoms with E-state index in [-0.39, 0.29) is 17.0 Å². The lowest BCUT2D eigenvalue weighted by atomic mass is 10.1. The quantitative estimate of drug-likeness (QED) is 0.735. The zero-order valence-corrected chi connectivity index (χ0v) is 14.7. The molecule has 2 N–H and O–H groups in total. The van der Waals surface area contributed by atoms with Crippen molar-refractivity contribution in [2.45, 2.75) is 13.5 Å². The molecule has 2 aromatic carbocycles. The second-order valence-corrected chi connectivity index (χ2v) is 5.98. The summed E-state index contributed by atoms with van der Waals surface area (Å²) in [5.41, 5.74) is 3.03. The maximum atomic E-state index is 12.4. The largest absolute Gasteiger partial charge is 0.497 e. The third kappa shape index (κ3) is 3.37. The molecule has 0 atom stereocenters. The van der Waals surface area contributed by atoms with E-state index in [1.165, 1.54) is 25.3 Å². The fourth-order valence-electron chi connectivity index (χ4n) is 2.73. The van der Waals surface area contributed by atoms with Gasteiger partial charge in [-0.1, -0.05) is 6.07 Å². The number of benzene rings is 2. The van der Waals surface area contributed by atoms with Crippen LogP contribution in [0.15, 0.2) is 36.4 Å². The average Bonchev–Trinajstić information content (AvgIpc) is 2.92. The van der Waals surface area contributed by atoms with E-state index in [0.717, 1.165) is 22.4 Å². The first-order valence-electron chi connectivity index (χ1n) is 8.01. The summed E-state index contributed by atoms with van der Waals surface area (Å²) in [4.78, 5) is 28.1. The zero-order chi connectivity index (χ0) is 18.8. The number of carboxylic acids is 1. The molecule has 7 nitrogen and oxygen atoms in total. The van der Waals surface area contributed by atoms with Crippen molar-refractivity contribution in [3.63, 3.8) is 0 Å². The van der Waals surface area contributed by atoms with Crippen LogP contribution in [0.1, 0.15) is 32.1 Å². The molecule has 3 rings (SSSR count). The number of rotatable bonds is 5. The van der Waals surface area contributed by atoms with E-state index < -0.39 is 5.97 Å². The van der Waals surface area contributed by atoms with Crippen molar-refractivity contribution in [2.75, 3.05) is 7.11 Å². The van der Waals surface area contributed by atoms with Gasteiger partial charge >= 0.3 is 5.97 Å². The average molecular weight is 353 g/mol. The van der Waals surface area contributed by atoms with Crippen LogP contribution in [0.4, 0.5) is 0 Å². The number of nitrogens with zero attached hydrogens (tertiary/aromatic N) is 2. The van der Waals surface area contributed by atoms with E-state index in [1.807, 2.05) is 36.7 Å². The van der Waals surface area contributed by atoms with Gasteiger partial charge in [0.1, 0.15) is 11.6 Å². The van der Waals surface area contributed by atoms with Crippen molar-refractivity contribution in [1.82, 2.24) is 14.9 Å². The van der Waals surface area contributed by atoms with Gasteiger partial charge in [-0.3, -0.25) is 4.79 Å². The Balaban J connectivity index is 1.78. The Morgan fingerprint density at radius 2 is 1.92 bits per heavy atom. The summed E-state index contributed by atoms with van der Waals surface area (Å²) >= 11 is 0. The molecule has 26 heavy (non-hydrogen) atoms. The first kappa shape index (κ1) is 17.5. The van der Waals surface area contributed by atoms with Gasteiger partial charge in [0.25, 0.3) is 5.91 Å². The number of ether oxygens (including phenoxy) is 1. The van der Waals surface area contributed by atoms with Crippen molar-refractivity contribution in [1.29, 1.82) is 0 Å². The Bertz CT molecular complexity index is 1010. The van der Waals surface area contributed by atoms with Crippen LogP contribution in [0.25, 0.3) is 11.0 Å². The highest BCUT2D eigenvalue weighted by atomic mass is 16.5. The second kappa shape index (κ2) is 6.87. The maximum absolute atomic E-state index is 12.4. The van der Waals surface area contributed by atoms with Crippen molar-refractivity contribution < 1.29 is 19.4 Å². The number of hydrogen-bond donors (Lipinski definition) is 2. The normalized spacial score (nSPS) is 10.7. The van der Waals surface area contributed by atoms with E-state index in [2.05, 4.69) is 10.3 Å². The molecule has 0 aliphatic heterocycles. The molecular formula is C19H19N3O4. The van der Waals surface area contributed by atoms with Gasteiger partial charge in [0, 0.05) is 19.2 Å². The number of carboxylic acid groups (broad SMARTS) is 1. The summed E-state index contributed by atoms with van der Waals surface area (Å²) in [6.45, 7) is 2.24. The number of aryl methyl sites for hydroxylation is 2. The van der Waals surface area contributed by atoms with E-state index in [1.54, 1.807) is 0 Å². The van der Waals surface area contributed by atoms with Gasteiger partial charge < -0.3 is 19.7 Å². The molecule has 0 radical (unpaired) electrons. The van der Waals surface area contributed by atoms with Gasteiger partial charge in [-0.25, -0.2) is 9.78 Å².